The molecule has 2 aromatic rings. The normalized spacial score (nSPS) is 27.8. The number of methoxy groups -OCH3 is 1. The number of hydrogen-bond donors (Lipinski definition) is 7. The molecule has 1 aliphatic rings. The molecule has 34 heavy (non-hydrogen) atoms. The summed E-state index contributed by atoms with van der Waals surface area (Å²) in [6.07, 6.45) is -2.87. The predicted octanol–water partition coefficient (Wildman–Crippen LogP) is -1.45. The van der Waals surface area contributed by atoms with Gasteiger partial charge in [0.05, 0.1) is 26.9 Å². The lowest BCUT2D eigenvalue weighted by molar-refractivity contribution is -0.413. The van der Waals surface area contributed by atoms with Crippen LogP contribution in [0.4, 0.5) is 10.2 Å². The first-order valence-electron chi connectivity index (χ1n) is 10.1. The van der Waals surface area contributed by atoms with Crippen LogP contribution in [0.5, 0.6) is 11.5 Å². The van der Waals surface area contributed by atoms with Crippen LogP contribution in [0.2, 0.25) is 0 Å². The molecule has 188 valence electrons. The summed E-state index contributed by atoms with van der Waals surface area (Å²) >= 11 is 0. The summed E-state index contributed by atoms with van der Waals surface area (Å²) in [5, 5.41) is 63.8. The van der Waals surface area contributed by atoms with E-state index in [4.69, 9.17) is 15.2 Å². The van der Waals surface area contributed by atoms with Gasteiger partial charge in [-0.2, -0.15) is 0 Å². The van der Waals surface area contributed by atoms with Crippen LogP contribution in [0.25, 0.3) is 0 Å². The fourth-order valence-corrected chi connectivity index (χ4v) is 3.84. The lowest BCUT2D eigenvalue weighted by Crippen LogP contribution is -2.68. The highest BCUT2D eigenvalue weighted by atomic mass is 19.1. The van der Waals surface area contributed by atoms with Gasteiger partial charge in [0.1, 0.15) is 18.0 Å². The maximum absolute atomic E-state index is 13.3. The Kier molecular flexibility index (Phi) is 7.14. The largest absolute Gasteiger partial charge is 0.504 e. The van der Waals surface area contributed by atoms with E-state index in [2.05, 4.69) is 4.98 Å². The average Bonchev–Trinajstić information content (AvgIpc) is 3.01. The van der Waals surface area contributed by atoms with Crippen molar-refractivity contribution in [2.45, 2.75) is 43.2 Å². The minimum Gasteiger partial charge on any atom is -0.504 e. The van der Waals surface area contributed by atoms with Crippen molar-refractivity contribution in [3.63, 3.8) is 0 Å². The zero-order chi connectivity index (χ0) is 25.4. The van der Waals surface area contributed by atoms with E-state index in [0.717, 1.165) is 6.20 Å². The van der Waals surface area contributed by atoms with E-state index in [9.17, 15) is 39.9 Å². The van der Waals surface area contributed by atoms with Crippen molar-refractivity contribution in [3.8, 4) is 11.5 Å². The predicted molar refractivity (Wildman–Crippen MR) is 112 cm³/mol. The number of ether oxygens (including phenoxy) is 2. The number of aliphatic hydroxyl groups is 4. The summed E-state index contributed by atoms with van der Waals surface area (Å²) in [4.78, 5) is 16.2. The van der Waals surface area contributed by atoms with Crippen LogP contribution >= 0.6 is 0 Å². The van der Waals surface area contributed by atoms with Crippen molar-refractivity contribution < 1.29 is 44.6 Å². The summed E-state index contributed by atoms with van der Waals surface area (Å²) in [7, 11) is 1.29. The minimum atomic E-state index is -3.28. The third-order valence-corrected chi connectivity index (χ3v) is 5.82. The first-order valence-corrected chi connectivity index (χ1v) is 10.1. The summed E-state index contributed by atoms with van der Waals surface area (Å²) in [6.45, 7) is -1.01. The number of aromatic hydroxyl groups is 1. The second-order valence-corrected chi connectivity index (χ2v) is 7.95. The van der Waals surface area contributed by atoms with Crippen LogP contribution in [0.15, 0.2) is 29.2 Å². The Morgan fingerprint density at radius 3 is 2.68 bits per heavy atom. The van der Waals surface area contributed by atoms with E-state index < -0.39 is 61.1 Å². The number of benzene rings is 1. The molecule has 8 N–H and O–H groups in total. The molecular formula is C20H27FN4O9. The Morgan fingerprint density at radius 1 is 1.41 bits per heavy atom. The van der Waals surface area contributed by atoms with Crippen LogP contribution in [-0.4, -0.2) is 83.7 Å². The number of hydrogen-bond acceptors (Lipinski definition) is 12. The number of aromatic nitrogens is 2. The summed E-state index contributed by atoms with van der Waals surface area (Å²) in [5.74, 6) is -4.88. The molecule has 0 saturated carbocycles. The summed E-state index contributed by atoms with van der Waals surface area (Å²) < 4.78 is 23.8. The van der Waals surface area contributed by atoms with Gasteiger partial charge in [-0.25, -0.2) is 14.3 Å². The highest BCUT2D eigenvalue weighted by molar-refractivity contribution is 5.43. The van der Waals surface area contributed by atoms with Crippen molar-refractivity contribution in [2.24, 2.45) is 0 Å². The van der Waals surface area contributed by atoms with Crippen LogP contribution in [-0.2, 0) is 17.2 Å². The van der Waals surface area contributed by atoms with E-state index in [-0.39, 0.29) is 32.3 Å². The Bertz CT molecular complexity index is 1100. The molecule has 3 rings (SSSR count). The molecule has 13 nitrogen and oxygen atoms in total. The molecule has 1 aliphatic heterocycles. The molecule has 1 aromatic carbocycles. The molecule has 14 heteroatoms. The summed E-state index contributed by atoms with van der Waals surface area (Å²) in [5.41, 5.74) is 1.77. The first-order chi connectivity index (χ1) is 16.0. The molecule has 0 bridgehead atoms. The fraction of sp³-hybridized carbons (Fsp3) is 0.500. The second kappa shape index (κ2) is 9.42. The molecule has 1 unspecified atom stereocenters. The Labute approximate surface area is 192 Å². The average molecular weight is 486 g/mol. The third kappa shape index (κ3) is 3.88. The number of alkyl halides is 1. The number of aliphatic hydroxyl groups excluding tert-OH is 2. The summed E-state index contributed by atoms with van der Waals surface area (Å²) in [6, 6.07) is 3.89. The van der Waals surface area contributed by atoms with E-state index in [1.807, 2.05) is 0 Å². The highest BCUT2D eigenvalue weighted by Crippen LogP contribution is 2.45. The molecule has 5 atom stereocenters. The molecule has 1 aromatic heterocycles. The molecule has 0 aliphatic carbocycles. The van der Waals surface area contributed by atoms with E-state index >= 15 is 0 Å². The number of phenolic OH excluding ortho intramolecular Hbond substituents is 1. The van der Waals surface area contributed by atoms with Gasteiger partial charge in [0.2, 0.25) is 5.72 Å². The molecule has 0 spiro atoms. The maximum Gasteiger partial charge on any atom is 0.353 e. The van der Waals surface area contributed by atoms with Gasteiger partial charge in [0, 0.05) is 17.7 Å². The van der Waals surface area contributed by atoms with E-state index in [1.54, 1.807) is 0 Å². The van der Waals surface area contributed by atoms with Gasteiger partial charge in [-0.1, -0.05) is 13.0 Å². The van der Waals surface area contributed by atoms with Crippen molar-refractivity contribution >= 4 is 5.82 Å². The number of nitrogens with zero attached hydrogens (tertiary/aromatic N) is 3. The van der Waals surface area contributed by atoms with E-state index in [0.29, 0.717) is 0 Å². The van der Waals surface area contributed by atoms with Crippen LogP contribution < -0.4 is 16.2 Å². The van der Waals surface area contributed by atoms with Gasteiger partial charge < -0.3 is 45.9 Å². The number of nitrogens with two attached hydrogens (primary N) is 1. The van der Waals surface area contributed by atoms with Crippen molar-refractivity contribution in [2.75, 3.05) is 26.1 Å². The number of anilines is 1. The zero-order valence-electron chi connectivity index (χ0n) is 18.4. The Morgan fingerprint density at radius 2 is 2.09 bits per heavy atom. The van der Waals surface area contributed by atoms with Crippen molar-refractivity contribution in [1.29, 1.82) is 0 Å². The molecule has 0 amide bonds. The SMILES string of the molecule is COc1cc(CN(O)[C@@]2(O)[C@H](O)[C@@H](CO)O[C@]2(O)n2c(N)c(C(C)CF)cnc2=O)ccc1O. The topological polar surface area (TPSA) is 204 Å². The highest BCUT2D eigenvalue weighted by Gasteiger charge is 2.70. The van der Waals surface area contributed by atoms with E-state index in [1.165, 1.54) is 32.2 Å². The van der Waals surface area contributed by atoms with Crippen LogP contribution in [0.1, 0.15) is 24.0 Å². The van der Waals surface area contributed by atoms with Crippen LogP contribution in [0.3, 0.4) is 0 Å². The van der Waals surface area contributed by atoms with Gasteiger partial charge in [0.15, 0.2) is 11.5 Å². The lowest BCUT2D eigenvalue weighted by atomic mass is 9.99. The molecular weight excluding hydrogens is 459 g/mol. The molecule has 1 saturated heterocycles. The maximum atomic E-state index is 13.3. The number of phenols is 1. The van der Waals surface area contributed by atoms with Crippen molar-refractivity contribution in [1.82, 2.24) is 14.6 Å². The molecule has 1 fully saturated rings. The number of hydroxylamine groups is 2. The van der Waals surface area contributed by atoms with Gasteiger partial charge >= 0.3 is 11.6 Å². The van der Waals surface area contributed by atoms with Crippen molar-refractivity contribution in [3.05, 3.63) is 46.0 Å². The smallest absolute Gasteiger partial charge is 0.353 e. The lowest BCUT2D eigenvalue weighted by Gasteiger charge is -2.42. The number of nitrogen functional groups attached to an aromatic ring is 1. The zero-order valence-corrected chi connectivity index (χ0v) is 18.4. The standard InChI is InChI=1S/C20H27FN4O9/c1-10(6-21)12-7-23-18(29)25(17(12)22)20(31)19(30,16(28)15(9-26)34-20)24(32)8-11-3-4-13(27)14(5-11)33-2/h3-5,7,10,15-16,26-28,30-32H,6,8-9,22H2,1-2H3/t10?,15-,16-,19-,20+/m1/s1. The van der Waals surface area contributed by atoms with Gasteiger partial charge in [0.25, 0.3) is 0 Å². The second-order valence-electron chi connectivity index (χ2n) is 7.95. The van der Waals surface area contributed by atoms with Gasteiger partial charge in [-0.3, -0.25) is 4.39 Å². The number of halogens is 1. The molecule has 2 heterocycles. The Balaban J connectivity index is 2.15. The van der Waals surface area contributed by atoms with Crippen LogP contribution in [0, 0.1) is 0 Å². The fourth-order valence-electron chi connectivity index (χ4n) is 3.84. The third-order valence-electron chi connectivity index (χ3n) is 5.82. The van der Waals surface area contributed by atoms with Gasteiger partial charge in [-0.15, -0.1) is 5.06 Å². The Hall–Kier alpha value is -2.85. The number of rotatable bonds is 8. The first kappa shape index (κ1) is 25.8. The monoisotopic (exact) mass is 486 g/mol. The molecule has 0 radical (unpaired) electrons. The van der Waals surface area contributed by atoms with Gasteiger partial charge in [-0.05, 0) is 17.7 Å². The quantitative estimate of drug-likeness (QED) is 0.169. The minimum absolute atomic E-state index is 0.0174.